The van der Waals surface area contributed by atoms with Crippen molar-refractivity contribution in [1.29, 1.82) is 0 Å². The van der Waals surface area contributed by atoms with Gasteiger partial charge in [-0.15, -0.1) is 0 Å². The van der Waals surface area contributed by atoms with Crippen LogP contribution in [0.3, 0.4) is 0 Å². The molecule has 0 aliphatic carbocycles. The first-order chi connectivity index (χ1) is 11.3. The monoisotopic (exact) mass is 328 g/mol. The second-order valence-electron chi connectivity index (χ2n) is 7.49. The Hall–Kier alpha value is -2.37. The summed E-state index contributed by atoms with van der Waals surface area (Å²) in [4.78, 5) is 18.5. The molecule has 1 amide bonds. The number of carbonyl (C=O) groups is 1. The highest BCUT2D eigenvalue weighted by atomic mass is 16.5. The van der Waals surface area contributed by atoms with Gasteiger partial charge in [0.2, 0.25) is 11.8 Å². The van der Waals surface area contributed by atoms with Gasteiger partial charge in [0.05, 0.1) is 12.5 Å². The van der Waals surface area contributed by atoms with Crippen molar-refractivity contribution in [3.8, 4) is 0 Å². The lowest BCUT2D eigenvalue weighted by molar-refractivity contribution is -0.119. The molecule has 0 bridgehead atoms. The fourth-order valence-corrected chi connectivity index (χ4v) is 3.16. The van der Waals surface area contributed by atoms with Gasteiger partial charge in [0, 0.05) is 17.1 Å². The Morgan fingerprint density at radius 3 is 2.71 bits per heavy atom. The van der Waals surface area contributed by atoms with Gasteiger partial charge in [-0.1, -0.05) is 44.1 Å². The summed E-state index contributed by atoms with van der Waals surface area (Å²) in [6.45, 7) is 8.77. The molecule has 0 fully saturated rings. The summed E-state index contributed by atoms with van der Waals surface area (Å²) in [6.07, 6.45) is 0.691. The molecule has 1 aliphatic rings. The van der Waals surface area contributed by atoms with Crippen molar-refractivity contribution in [2.45, 2.75) is 58.0 Å². The van der Waals surface area contributed by atoms with E-state index in [-0.39, 0.29) is 23.3 Å². The van der Waals surface area contributed by atoms with Crippen LogP contribution < -0.4 is 10.6 Å². The molecule has 2 N–H and O–H groups in total. The van der Waals surface area contributed by atoms with E-state index in [4.69, 9.17) is 10.3 Å². The molecule has 1 aromatic heterocycles. The number of hydrogen-bond donors (Lipinski definition) is 1. The zero-order valence-corrected chi connectivity index (χ0v) is 14.6. The van der Waals surface area contributed by atoms with Crippen LogP contribution in [0.1, 0.15) is 57.3 Å². The summed E-state index contributed by atoms with van der Waals surface area (Å²) in [6, 6.07) is 8.06. The van der Waals surface area contributed by atoms with Crippen molar-refractivity contribution in [1.82, 2.24) is 10.1 Å². The molecule has 128 valence electrons. The Morgan fingerprint density at radius 1 is 1.38 bits per heavy atom. The van der Waals surface area contributed by atoms with Gasteiger partial charge < -0.3 is 15.2 Å². The average molecular weight is 328 g/mol. The summed E-state index contributed by atoms with van der Waals surface area (Å²) in [5, 5.41) is 4.12. The van der Waals surface area contributed by atoms with Crippen molar-refractivity contribution in [3.05, 3.63) is 41.5 Å². The lowest BCUT2D eigenvalue weighted by Crippen LogP contribution is -2.41. The van der Waals surface area contributed by atoms with Gasteiger partial charge >= 0.3 is 0 Å². The lowest BCUT2D eigenvalue weighted by Gasteiger charge is -2.39. The van der Waals surface area contributed by atoms with Gasteiger partial charge in [-0.05, 0) is 25.0 Å². The molecule has 3 rings (SSSR count). The number of aromatic nitrogens is 2. The molecule has 1 aromatic carbocycles. The van der Waals surface area contributed by atoms with Gasteiger partial charge in [-0.25, -0.2) is 0 Å². The molecule has 1 aliphatic heterocycles. The number of rotatable bonds is 3. The van der Waals surface area contributed by atoms with Crippen molar-refractivity contribution < 1.29 is 9.32 Å². The molecule has 0 saturated heterocycles. The number of anilines is 1. The van der Waals surface area contributed by atoms with Crippen LogP contribution in [0.2, 0.25) is 0 Å². The van der Waals surface area contributed by atoms with Crippen LogP contribution in [0, 0.1) is 0 Å². The average Bonchev–Trinajstić information content (AvgIpc) is 2.98. The number of primary amides is 1. The Morgan fingerprint density at radius 2 is 2.08 bits per heavy atom. The highest BCUT2D eigenvalue weighted by Crippen LogP contribution is 2.38. The highest BCUT2D eigenvalue weighted by molar-refractivity contribution is 5.85. The molecule has 24 heavy (non-hydrogen) atoms. The van der Waals surface area contributed by atoms with Crippen LogP contribution in [-0.2, 0) is 16.8 Å². The quantitative estimate of drug-likeness (QED) is 0.936. The number of amides is 1. The van der Waals surface area contributed by atoms with Gasteiger partial charge in [-0.3, -0.25) is 4.79 Å². The van der Waals surface area contributed by atoms with Gasteiger partial charge in [-0.2, -0.15) is 4.98 Å². The zero-order chi connectivity index (χ0) is 17.5. The number of hydrogen-bond acceptors (Lipinski definition) is 5. The minimum Gasteiger partial charge on any atom is -0.369 e. The standard InChI is InChI=1S/C18H24N4O2/c1-11-9-13(16(19)23)12-7-5-6-8-14(12)22(11)10-15-20-17(24-21-15)18(2,3)4/h5-8,11,13H,9-10H2,1-4H3,(H2,19,23)/t11-,13-/m0/s1. The van der Waals surface area contributed by atoms with Crippen molar-refractivity contribution >= 4 is 11.6 Å². The predicted octanol–water partition coefficient (Wildman–Crippen LogP) is 2.73. The van der Waals surface area contributed by atoms with Crippen LogP contribution in [0.4, 0.5) is 5.69 Å². The minimum atomic E-state index is -0.275. The lowest BCUT2D eigenvalue weighted by atomic mass is 9.85. The van der Waals surface area contributed by atoms with E-state index in [1.165, 1.54) is 0 Å². The van der Waals surface area contributed by atoms with Crippen molar-refractivity contribution in [2.24, 2.45) is 5.73 Å². The topological polar surface area (TPSA) is 85.3 Å². The normalized spacial score (nSPS) is 20.8. The maximum absolute atomic E-state index is 11.8. The molecule has 6 heteroatoms. The van der Waals surface area contributed by atoms with Gasteiger partial charge in [0.25, 0.3) is 0 Å². The number of carbonyl (C=O) groups excluding carboxylic acids is 1. The van der Waals surface area contributed by atoms with Gasteiger partial charge in [0.15, 0.2) is 5.82 Å². The van der Waals surface area contributed by atoms with Crippen molar-refractivity contribution in [2.75, 3.05) is 4.90 Å². The molecule has 2 atom stereocenters. The maximum Gasteiger partial charge on any atom is 0.232 e. The number of para-hydroxylation sites is 1. The minimum absolute atomic E-state index is 0.161. The predicted molar refractivity (Wildman–Crippen MR) is 91.6 cm³/mol. The molecule has 0 unspecified atom stereocenters. The summed E-state index contributed by atoms with van der Waals surface area (Å²) in [7, 11) is 0. The molecule has 0 saturated carbocycles. The fraction of sp³-hybridized carbons (Fsp3) is 0.500. The first-order valence-corrected chi connectivity index (χ1v) is 8.25. The van der Waals surface area contributed by atoms with E-state index in [1.54, 1.807) is 0 Å². The largest absolute Gasteiger partial charge is 0.369 e. The maximum atomic E-state index is 11.8. The third kappa shape index (κ3) is 3.00. The van der Waals surface area contributed by atoms with E-state index >= 15 is 0 Å². The molecule has 0 spiro atoms. The van der Waals surface area contributed by atoms with E-state index in [2.05, 4.69) is 22.0 Å². The Bertz CT molecular complexity index is 747. The number of nitrogens with zero attached hydrogens (tertiary/aromatic N) is 3. The van der Waals surface area contributed by atoms with Crippen LogP contribution in [0.15, 0.2) is 28.8 Å². The summed E-state index contributed by atoms with van der Waals surface area (Å²) < 4.78 is 5.39. The van der Waals surface area contributed by atoms with E-state index < -0.39 is 0 Å². The van der Waals surface area contributed by atoms with E-state index in [0.29, 0.717) is 24.7 Å². The summed E-state index contributed by atoms with van der Waals surface area (Å²) in [5.41, 5.74) is 7.41. The SMILES string of the molecule is C[C@H]1C[C@H](C(N)=O)c2ccccc2N1Cc1noc(C(C)(C)C)n1. The second-order valence-corrected chi connectivity index (χ2v) is 7.49. The van der Waals surface area contributed by atoms with Crippen LogP contribution in [-0.4, -0.2) is 22.1 Å². The third-order valence-corrected chi connectivity index (χ3v) is 4.50. The molecule has 2 aromatic rings. The summed E-state index contributed by atoms with van der Waals surface area (Å²) in [5.74, 6) is 0.760. The number of benzene rings is 1. The van der Waals surface area contributed by atoms with Crippen LogP contribution >= 0.6 is 0 Å². The Labute approximate surface area is 142 Å². The molecule has 2 heterocycles. The molecule has 0 radical (unpaired) electrons. The third-order valence-electron chi connectivity index (χ3n) is 4.50. The van der Waals surface area contributed by atoms with Crippen molar-refractivity contribution in [3.63, 3.8) is 0 Å². The first kappa shape index (κ1) is 16.5. The van der Waals surface area contributed by atoms with Gasteiger partial charge in [0.1, 0.15) is 0 Å². The Kier molecular flexibility index (Phi) is 4.07. The van der Waals surface area contributed by atoms with E-state index in [1.807, 2.05) is 45.0 Å². The smallest absolute Gasteiger partial charge is 0.232 e. The molecular weight excluding hydrogens is 304 g/mol. The zero-order valence-electron chi connectivity index (χ0n) is 14.6. The van der Waals surface area contributed by atoms with E-state index in [0.717, 1.165) is 11.3 Å². The number of fused-ring (bicyclic) bond motifs is 1. The first-order valence-electron chi connectivity index (χ1n) is 8.25. The van der Waals surface area contributed by atoms with Crippen LogP contribution in [0.5, 0.6) is 0 Å². The molecular formula is C18H24N4O2. The number of nitrogens with two attached hydrogens (primary N) is 1. The summed E-state index contributed by atoms with van der Waals surface area (Å²) >= 11 is 0. The molecule has 6 nitrogen and oxygen atoms in total. The highest BCUT2D eigenvalue weighted by Gasteiger charge is 2.33. The second kappa shape index (κ2) is 5.92. The Balaban J connectivity index is 1.92. The fourth-order valence-electron chi connectivity index (χ4n) is 3.16. The van der Waals surface area contributed by atoms with E-state index in [9.17, 15) is 4.79 Å². The van der Waals surface area contributed by atoms with Crippen LogP contribution in [0.25, 0.3) is 0 Å².